The predicted octanol–water partition coefficient (Wildman–Crippen LogP) is 3.63. The number of carbonyl (C=O) groups is 1. The van der Waals surface area contributed by atoms with Crippen LogP contribution in [0.5, 0.6) is 0 Å². The number of allylic oxidation sites excluding steroid dienone is 3. The Morgan fingerprint density at radius 1 is 1.13 bits per heavy atom. The molecule has 0 amide bonds. The Bertz CT molecular complexity index is 205. The second-order valence-corrected chi connectivity index (χ2v) is 3.51. The first kappa shape index (κ1) is 13.9. The zero-order valence-electron chi connectivity index (χ0n) is 9.87. The number of esters is 1. The summed E-state index contributed by atoms with van der Waals surface area (Å²) in [6, 6.07) is 0. The third-order valence-corrected chi connectivity index (χ3v) is 2.16. The summed E-state index contributed by atoms with van der Waals surface area (Å²) in [4.78, 5) is 10.7. The molecule has 0 aliphatic heterocycles. The molecule has 0 aliphatic carbocycles. The fourth-order valence-corrected chi connectivity index (χ4v) is 1.24. The van der Waals surface area contributed by atoms with Crippen molar-refractivity contribution in [3.63, 3.8) is 0 Å². The van der Waals surface area contributed by atoms with Gasteiger partial charge >= 0.3 is 5.97 Å². The number of methoxy groups -OCH3 is 1. The third-order valence-electron chi connectivity index (χ3n) is 2.16. The molecule has 0 saturated heterocycles. The van der Waals surface area contributed by atoms with Crippen molar-refractivity contribution in [1.82, 2.24) is 0 Å². The molecule has 0 aromatic heterocycles. The lowest BCUT2D eigenvalue weighted by Crippen LogP contribution is -1.92. The number of carbonyl (C=O) groups excluding carboxylic acids is 1. The molecule has 0 aromatic carbocycles. The summed E-state index contributed by atoms with van der Waals surface area (Å²) in [5.41, 5.74) is 0. The van der Waals surface area contributed by atoms with Crippen LogP contribution in [0.2, 0.25) is 0 Å². The van der Waals surface area contributed by atoms with Crippen LogP contribution in [0.1, 0.15) is 45.4 Å². The van der Waals surface area contributed by atoms with Gasteiger partial charge < -0.3 is 4.74 Å². The fraction of sp³-hybridized carbons (Fsp3) is 0.615. The first-order valence-corrected chi connectivity index (χ1v) is 5.72. The molecular formula is C13H22O2. The molecule has 0 radical (unpaired) electrons. The van der Waals surface area contributed by atoms with E-state index in [1.165, 1.54) is 45.3 Å². The van der Waals surface area contributed by atoms with Crippen molar-refractivity contribution in [1.29, 1.82) is 0 Å². The predicted molar refractivity (Wildman–Crippen MR) is 63.7 cm³/mol. The molecule has 15 heavy (non-hydrogen) atoms. The van der Waals surface area contributed by atoms with Gasteiger partial charge in [-0.15, -0.1) is 0 Å². The molecule has 0 N–H and O–H groups in total. The molecule has 2 heteroatoms. The number of ether oxygens (including phenoxy) is 1. The highest BCUT2D eigenvalue weighted by molar-refractivity contribution is 5.82. The van der Waals surface area contributed by atoms with Crippen molar-refractivity contribution in [2.75, 3.05) is 7.11 Å². The average molecular weight is 210 g/mol. The zero-order chi connectivity index (χ0) is 11.4. The lowest BCUT2D eigenvalue weighted by atomic mass is 10.1. The summed E-state index contributed by atoms with van der Waals surface area (Å²) in [6.07, 6.45) is 14.7. The van der Waals surface area contributed by atoms with E-state index in [-0.39, 0.29) is 5.97 Å². The molecule has 0 heterocycles. The van der Waals surface area contributed by atoms with Crippen LogP contribution in [0.25, 0.3) is 0 Å². The lowest BCUT2D eigenvalue weighted by Gasteiger charge is -1.95. The second-order valence-electron chi connectivity index (χ2n) is 3.51. The summed E-state index contributed by atoms with van der Waals surface area (Å²) in [6.45, 7) is 2.22. The van der Waals surface area contributed by atoms with E-state index >= 15 is 0 Å². The number of hydrogen-bond donors (Lipinski definition) is 0. The highest BCUT2D eigenvalue weighted by Gasteiger charge is 1.87. The minimum atomic E-state index is -0.303. The van der Waals surface area contributed by atoms with Gasteiger partial charge in [0.05, 0.1) is 7.11 Å². The molecular weight excluding hydrogens is 188 g/mol. The second kappa shape index (κ2) is 11.0. The van der Waals surface area contributed by atoms with Gasteiger partial charge in [0.1, 0.15) is 0 Å². The Morgan fingerprint density at radius 2 is 1.87 bits per heavy atom. The molecule has 2 nitrogen and oxygen atoms in total. The van der Waals surface area contributed by atoms with Crippen LogP contribution in [0.15, 0.2) is 24.3 Å². The Balaban J connectivity index is 3.31. The quantitative estimate of drug-likeness (QED) is 0.265. The Hall–Kier alpha value is -1.05. The maximum atomic E-state index is 10.7. The van der Waals surface area contributed by atoms with Crippen molar-refractivity contribution in [2.45, 2.75) is 45.4 Å². The normalized spacial score (nSPS) is 11.3. The van der Waals surface area contributed by atoms with Crippen LogP contribution in [0, 0.1) is 0 Å². The summed E-state index contributed by atoms with van der Waals surface area (Å²) >= 11 is 0. The smallest absolute Gasteiger partial charge is 0.330 e. The van der Waals surface area contributed by atoms with Crippen molar-refractivity contribution in [3.05, 3.63) is 24.3 Å². The lowest BCUT2D eigenvalue weighted by molar-refractivity contribution is -0.134. The van der Waals surface area contributed by atoms with Gasteiger partial charge in [-0.05, 0) is 12.8 Å². The topological polar surface area (TPSA) is 26.3 Å². The molecule has 0 aromatic rings. The maximum Gasteiger partial charge on any atom is 0.330 e. The molecule has 0 saturated carbocycles. The molecule has 0 rings (SSSR count). The Kier molecular flexibility index (Phi) is 10.3. The minimum Gasteiger partial charge on any atom is -0.466 e. The largest absolute Gasteiger partial charge is 0.466 e. The van der Waals surface area contributed by atoms with E-state index < -0.39 is 0 Å². The van der Waals surface area contributed by atoms with E-state index in [9.17, 15) is 4.79 Å². The van der Waals surface area contributed by atoms with Gasteiger partial charge in [0.15, 0.2) is 0 Å². The van der Waals surface area contributed by atoms with Crippen LogP contribution in [-0.4, -0.2) is 13.1 Å². The van der Waals surface area contributed by atoms with E-state index in [0.717, 1.165) is 6.42 Å². The standard InChI is InChI=1S/C13H22O2/c1-3-4-5-6-7-8-9-10-11-12-13(14)15-2/h9-12H,3-8H2,1-2H3/b10-9-,12-11+. The highest BCUT2D eigenvalue weighted by atomic mass is 16.5. The van der Waals surface area contributed by atoms with E-state index in [2.05, 4.69) is 17.7 Å². The van der Waals surface area contributed by atoms with Gasteiger partial charge in [0, 0.05) is 6.08 Å². The summed E-state index contributed by atoms with van der Waals surface area (Å²) in [7, 11) is 1.38. The minimum absolute atomic E-state index is 0.303. The molecule has 0 unspecified atom stereocenters. The van der Waals surface area contributed by atoms with E-state index in [4.69, 9.17) is 0 Å². The van der Waals surface area contributed by atoms with Gasteiger partial charge in [-0.1, -0.05) is 50.8 Å². The van der Waals surface area contributed by atoms with E-state index in [1.807, 2.05) is 6.08 Å². The average Bonchev–Trinajstić information content (AvgIpc) is 2.26. The molecule has 0 fully saturated rings. The zero-order valence-corrected chi connectivity index (χ0v) is 9.87. The monoisotopic (exact) mass is 210 g/mol. The van der Waals surface area contributed by atoms with Gasteiger partial charge in [-0.3, -0.25) is 0 Å². The van der Waals surface area contributed by atoms with Gasteiger partial charge in [-0.25, -0.2) is 4.79 Å². The first-order valence-electron chi connectivity index (χ1n) is 5.72. The van der Waals surface area contributed by atoms with Crippen molar-refractivity contribution < 1.29 is 9.53 Å². The molecule has 0 aliphatic rings. The summed E-state index contributed by atoms with van der Waals surface area (Å²) in [5, 5.41) is 0. The van der Waals surface area contributed by atoms with Crippen molar-refractivity contribution in [3.8, 4) is 0 Å². The number of unbranched alkanes of at least 4 members (excludes halogenated alkanes) is 5. The van der Waals surface area contributed by atoms with Crippen molar-refractivity contribution >= 4 is 5.97 Å². The van der Waals surface area contributed by atoms with Gasteiger partial charge in [0.2, 0.25) is 0 Å². The fourth-order valence-electron chi connectivity index (χ4n) is 1.24. The maximum absolute atomic E-state index is 10.7. The van der Waals surface area contributed by atoms with Crippen LogP contribution < -0.4 is 0 Å². The highest BCUT2D eigenvalue weighted by Crippen LogP contribution is 2.05. The SMILES string of the molecule is CCCCCCC/C=C\C=C\C(=O)OC. The molecule has 0 atom stereocenters. The van der Waals surface area contributed by atoms with Crippen LogP contribution in [0.4, 0.5) is 0 Å². The summed E-state index contributed by atoms with van der Waals surface area (Å²) < 4.78 is 4.46. The first-order chi connectivity index (χ1) is 7.31. The molecule has 0 bridgehead atoms. The van der Waals surface area contributed by atoms with Crippen LogP contribution in [0.3, 0.4) is 0 Å². The summed E-state index contributed by atoms with van der Waals surface area (Å²) in [5.74, 6) is -0.303. The van der Waals surface area contributed by atoms with Gasteiger partial charge in [0.25, 0.3) is 0 Å². The third kappa shape index (κ3) is 10.9. The van der Waals surface area contributed by atoms with Gasteiger partial charge in [-0.2, -0.15) is 0 Å². The van der Waals surface area contributed by atoms with E-state index in [0.29, 0.717) is 0 Å². The van der Waals surface area contributed by atoms with Crippen LogP contribution in [-0.2, 0) is 9.53 Å². The Labute approximate surface area is 93.0 Å². The number of hydrogen-bond acceptors (Lipinski definition) is 2. The van der Waals surface area contributed by atoms with Crippen molar-refractivity contribution in [2.24, 2.45) is 0 Å². The number of rotatable bonds is 8. The molecule has 0 spiro atoms. The van der Waals surface area contributed by atoms with E-state index in [1.54, 1.807) is 6.08 Å². The Morgan fingerprint density at radius 3 is 2.53 bits per heavy atom. The molecule has 86 valence electrons. The van der Waals surface area contributed by atoms with Crippen LogP contribution >= 0.6 is 0 Å².